The molecule has 4 rings (SSSR count). The Labute approximate surface area is 151 Å². The first-order chi connectivity index (χ1) is 12.7. The molecule has 1 N–H and O–H groups in total. The van der Waals surface area contributed by atoms with E-state index in [9.17, 15) is 4.79 Å². The minimum Gasteiger partial charge on any atom is -0.474 e. The predicted octanol–water partition coefficient (Wildman–Crippen LogP) is 2.59. The van der Waals surface area contributed by atoms with Gasteiger partial charge in [-0.2, -0.15) is 4.98 Å². The first-order valence-corrected chi connectivity index (χ1v) is 8.59. The molecule has 0 unspecified atom stereocenters. The molecule has 1 aromatic heterocycles. The van der Waals surface area contributed by atoms with Crippen LogP contribution >= 0.6 is 0 Å². The average Bonchev–Trinajstić information content (AvgIpc) is 3.10. The summed E-state index contributed by atoms with van der Waals surface area (Å²) in [5, 5.41) is 2.90. The van der Waals surface area contributed by atoms with Crippen molar-refractivity contribution in [1.82, 2.24) is 14.9 Å². The van der Waals surface area contributed by atoms with Crippen molar-refractivity contribution < 1.29 is 19.0 Å². The maximum absolute atomic E-state index is 12.5. The lowest BCUT2D eigenvalue weighted by Gasteiger charge is -2.31. The molecule has 8 heteroatoms. The number of aromatic nitrogens is 2. The lowest BCUT2D eigenvalue weighted by molar-refractivity contribution is 0.111. The molecule has 0 aliphatic carbocycles. The lowest BCUT2D eigenvalue weighted by atomic mass is 10.1. The highest BCUT2D eigenvalue weighted by molar-refractivity contribution is 5.89. The van der Waals surface area contributed by atoms with Crippen molar-refractivity contribution >= 4 is 11.7 Å². The van der Waals surface area contributed by atoms with Crippen LogP contribution in [-0.2, 0) is 0 Å². The standard InChI is InChI=1S/C18H20N4O4/c1-12-19-7-4-17(20-12)26-14-5-8-22(9-6-14)18(23)21-13-2-3-15-16(10-13)25-11-24-15/h2-4,7,10,14H,5-6,8-9,11H2,1H3,(H,21,23). The number of hydrogen-bond acceptors (Lipinski definition) is 6. The van der Waals surface area contributed by atoms with E-state index in [2.05, 4.69) is 15.3 Å². The third-order valence-corrected chi connectivity index (χ3v) is 4.39. The Balaban J connectivity index is 1.29. The zero-order valence-electron chi connectivity index (χ0n) is 14.5. The number of rotatable bonds is 3. The summed E-state index contributed by atoms with van der Waals surface area (Å²) in [5.74, 6) is 2.61. The van der Waals surface area contributed by atoms with Gasteiger partial charge in [-0.1, -0.05) is 0 Å². The van der Waals surface area contributed by atoms with Gasteiger partial charge in [0, 0.05) is 49.9 Å². The smallest absolute Gasteiger partial charge is 0.321 e. The first kappa shape index (κ1) is 16.4. The molecule has 1 saturated heterocycles. The minimum absolute atomic E-state index is 0.0545. The van der Waals surface area contributed by atoms with Crippen LogP contribution in [0, 0.1) is 6.92 Å². The van der Waals surface area contributed by atoms with Gasteiger partial charge in [0.15, 0.2) is 11.5 Å². The monoisotopic (exact) mass is 356 g/mol. The van der Waals surface area contributed by atoms with E-state index in [4.69, 9.17) is 14.2 Å². The van der Waals surface area contributed by atoms with Crippen LogP contribution in [0.3, 0.4) is 0 Å². The SMILES string of the molecule is Cc1nccc(OC2CCN(C(=O)Nc3ccc4c(c3)OCO4)CC2)n1. The van der Waals surface area contributed by atoms with Crippen molar-refractivity contribution in [3.8, 4) is 17.4 Å². The van der Waals surface area contributed by atoms with E-state index in [0.29, 0.717) is 42.0 Å². The van der Waals surface area contributed by atoms with Crippen molar-refractivity contribution in [2.75, 3.05) is 25.2 Å². The topological polar surface area (TPSA) is 85.8 Å². The second kappa shape index (κ2) is 7.07. The van der Waals surface area contributed by atoms with Crippen molar-refractivity contribution in [2.45, 2.75) is 25.9 Å². The number of anilines is 1. The van der Waals surface area contributed by atoms with Gasteiger partial charge < -0.3 is 24.4 Å². The molecule has 0 radical (unpaired) electrons. The van der Waals surface area contributed by atoms with Gasteiger partial charge in [-0.3, -0.25) is 0 Å². The summed E-state index contributed by atoms with van der Waals surface area (Å²) in [6.45, 7) is 3.30. The minimum atomic E-state index is -0.125. The summed E-state index contributed by atoms with van der Waals surface area (Å²) >= 11 is 0. The Morgan fingerprint density at radius 2 is 2.04 bits per heavy atom. The lowest BCUT2D eigenvalue weighted by Crippen LogP contribution is -2.43. The third-order valence-electron chi connectivity index (χ3n) is 4.39. The van der Waals surface area contributed by atoms with Crippen molar-refractivity contribution in [3.05, 3.63) is 36.3 Å². The predicted molar refractivity (Wildman–Crippen MR) is 93.6 cm³/mol. The quantitative estimate of drug-likeness (QED) is 0.910. The van der Waals surface area contributed by atoms with Crippen LogP contribution in [0.4, 0.5) is 10.5 Å². The molecule has 0 spiro atoms. The molecule has 26 heavy (non-hydrogen) atoms. The Hall–Kier alpha value is -3.03. The number of aryl methyl sites for hydroxylation is 1. The molecule has 0 atom stereocenters. The zero-order valence-corrected chi connectivity index (χ0v) is 14.5. The summed E-state index contributed by atoms with van der Waals surface area (Å²) < 4.78 is 16.5. The molecular formula is C18H20N4O4. The maximum atomic E-state index is 12.5. The van der Waals surface area contributed by atoms with Crippen LogP contribution in [0.1, 0.15) is 18.7 Å². The van der Waals surface area contributed by atoms with E-state index < -0.39 is 0 Å². The summed E-state index contributed by atoms with van der Waals surface area (Å²) in [6, 6.07) is 7.00. The fourth-order valence-electron chi connectivity index (χ4n) is 3.02. The Kier molecular flexibility index (Phi) is 4.47. The largest absolute Gasteiger partial charge is 0.474 e. The second-order valence-corrected chi connectivity index (χ2v) is 6.24. The molecule has 0 saturated carbocycles. The number of likely N-dealkylation sites (tertiary alicyclic amines) is 1. The van der Waals surface area contributed by atoms with E-state index in [1.807, 2.05) is 6.92 Å². The summed E-state index contributed by atoms with van der Waals surface area (Å²) in [4.78, 5) is 22.6. The number of amides is 2. The number of ether oxygens (including phenoxy) is 3. The molecule has 1 aromatic carbocycles. The van der Waals surface area contributed by atoms with Crippen LogP contribution in [0.2, 0.25) is 0 Å². The highest BCUT2D eigenvalue weighted by atomic mass is 16.7. The number of urea groups is 1. The molecule has 3 heterocycles. The molecule has 2 aliphatic rings. The van der Waals surface area contributed by atoms with Crippen LogP contribution < -0.4 is 19.5 Å². The number of nitrogens with zero attached hydrogens (tertiary/aromatic N) is 3. The number of benzene rings is 1. The Bertz CT molecular complexity index is 806. The van der Waals surface area contributed by atoms with E-state index in [-0.39, 0.29) is 18.9 Å². The van der Waals surface area contributed by atoms with Crippen molar-refractivity contribution in [2.24, 2.45) is 0 Å². The number of carbonyl (C=O) groups is 1. The van der Waals surface area contributed by atoms with Crippen LogP contribution in [0.25, 0.3) is 0 Å². The molecule has 1 fully saturated rings. The van der Waals surface area contributed by atoms with Gasteiger partial charge in [0.2, 0.25) is 12.7 Å². The Morgan fingerprint density at radius 1 is 1.23 bits per heavy atom. The van der Waals surface area contributed by atoms with E-state index >= 15 is 0 Å². The van der Waals surface area contributed by atoms with Crippen LogP contribution in [0.15, 0.2) is 30.5 Å². The first-order valence-electron chi connectivity index (χ1n) is 8.59. The normalized spacial score (nSPS) is 16.4. The van der Waals surface area contributed by atoms with Gasteiger partial charge in [-0.15, -0.1) is 0 Å². The number of fused-ring (bicyclic) bond motifs is 1. The van der Waals surface area contributed by atoms with Gasteiger partial charge >= 0.3 is 6.03 Å². The molecule has 136 valence electrons. The van der Waals surface area contributed by atoms with Crippen molar-refractivity contribution in [1.29, 1.82) is 0 Å². The highest BCUT2D eigenvalue weighted by Gasteiger charge is 2.25. The fraction of sp³-hybridized carbons (Fsp3) is 0.389. The van der Waals surface area contributed by atoms with E-state index in [1.54, 1.807) is 35.4 Å². The summed E-state index contributed by atoms with van der Waals surface area (Å²) in [6.07, 6.45) is 3.26. The molecule has 2 amide bonds. The van der Waals surface area contributed by atoms with Crippen LogP contribution in [0.5, 0.6) is 17.4 Å². The number of carbonyl (C=O) groups excluding carboxylic acids is 1. The summed E-state index contributed by atoms with van der Waals surface area (Å²) in [7, 11) is 0. The van der Waals surface area contributed by atoms with Gasteiger partial charge in [0.1, 0.15) is 11.9 Å². The highest BCUT2D eigenvalue weighted by Crippen LogP contribution is 2.34. The fourth-order valence-corrected chi connectivity index (χ4v) is 3.02. The molecular weight excluding hydrogens is 336 g/mol. The number of hydrogen-bond donors (Lipinski definition) is 1. The molecule has 8 nitrogen and oxygen atoms in total. The molecule has 2 aliphatic heterocycles. The molecule has 2 aromatic rings. The zero-order chi connectivity index (χ0) is 17.9. The van der Waals surface area contributed by atoms with Gasteiger partial charge in [-0.05, 0) is 19.1 Å². The number of piperidine rings is 1. The second-order valence-electron chi connectivity index (χ2n) is 6.24. The molecule has 0 bridgehead atoms. The Morgan fingerprint density at radius 3 is 2.85 bits per heavy atom. The van der Waals surface area contributed by atoms with Gasteiger partial charge in [0.25, 0.3) is 0 Å². The maximum Gasteiger partial charge on any atom is 0.321 e. The average molecular weight is 356 g/mol. The number of nitrogens with one attached hydrogen (secondary N) is 1. The van der Waals surface area contributed by atoms with Crippen molar-refractivity contribution in [3.63, 3.8) is 0 Å². The van der Waals surface area contributed by atoms with E-state index in [1.165, 1.54) is 0 Å². The van der Waals surface area contributed by atoms with Gasteiger partial charge in [0.05, 0.1) is 0 Å². The third kappa shape index (κ3) is 3.63. The van der Waals surface area contributed by atoms with E-state index in [0.717, 1.165) is 12.8 Å². The summed E-state index contributed by atoms with van der Waals surface area (Å²) in [5.41, 5.74) is 0.689. The van der Waals surface area contributed by atoms with Gasteiger partial charge in [-0.25, -0.2) is 9.78 Å². The van der Waals surface area contributed by atoms with Crippen LogP contribution in [-0.4, -0.2) is 46.9 Å².